The van der Waals surface area contributed by atoms with Gasteiger partial charge in [0.15, 0.2) is 0 Å². The van der Waals surface area contributed by atoms with E-state index in [2.05, 4.69) is 11.2 Å². The number of amides is 1. The van der Waals surface area contributed by atoms with Crippen LogP contribution in [0.3, 0.4) is 0 Å². The van der Waals surface area contributed by atoms with Gasteiger partial charge in [0.2, 0.25) is 0 Å². The number of anilines is 1. The van der Waals surface area contributed by atoms with E-state index < -0.39 is 0 Å². The van der Waals surface area contributed by atoms with E-state index in [1.807, 2.05) is 41.9 Å². The first kappa shape index (κ1) is 20.3. The highest BCUT2D eigenvalue weighted by Crippen LogP contribution is 2.28. The molecule has 0 bridgehead atoms. The molecule has 0 atom stereocenters. The van der Waals surface area contributed by atoms with Gasteiger partial charge in [0.1, 0.15) is 0 Å². The third-order valence-corrected chi connectivity index (χ3v) is 4.55. The van der Waals surface area contributed by atoms with Gasteiger partial charge in [0, 0.05) is 49.2 Å². The highest BCUT2D eigenvalue weighted by atomic mass is 35.5. The quantitative estimate of drug-likeness (QED) is 0.825. The molecule has 0 radical (unpaired) electrons. The van der Waals surface area contributed by atoms with Crippen LogP contribution in [-0.4, -0.2) is 33.7 Å². The number of nitrogens with zero attached hydrogens (tertiary/aromatic N) is 3. The van der Waals surface area contributed by atoms with Gasteiger partial charge in [-0.05, 0) is 43.5 Å². The van der Waals surface area contributed by atoms with Crippen molar-refractivity contribution in [3.05, 3.63) is 47.3 Å². The molecule has 1 amide bonds. The molecule has 2 aromatic rings. The summed E-state index contributed by atoms with van der Waals surface area (Å²) < 4.78 is 1.93. The molecule has 1 aliphatic heterocycles. The van der Waals surface area contributed by atoms with Crippen molar-refractivity contribution in [3.8, 4) is 0 Å². The number of nitrogen functional groups attached to an aromatic ring is 1. The van der Waals surface area contributed by atoms with Crippen molar-refractivity contribution >= 4 is 36.4 Å². The molecule has 0 saturated carbocycles. The highest BCUT2D eigenvalue weighted by molar-refractivity contribution is 5.96. The predicted molar refractivity (Wildman–Crippen MR) is 101 cm³/mol. The van der Waals surface area contributed by atoms with Crippen LogP contribution in [0, 0.1) is 6.92 Å². The molecule has 0 unspecified atom stereocenters. The number of hydrogen-bond acceptors (Lipinski definition) is 3. The molecular weight excluding hydrogens is 347 g/mol. The van der Waals surface area contributed by atoms with Gasteiger partial charge < -0.3 is 10.6 Å². The molecule has 1 aromatic heterocycles. The summed E-state index contributed by atoms with van der Waals surface area (Å²) in [5.41, 5.74) is 9.41. The first-order valence-electron chi connectivity index (χ1n) is 7.69. The Morgan fingerprint density at radius 1 is 1.21 bits per heavy atom. The number of hydrogen-bond donors (Lipinski definition) is 1. The zero-order valence-electron chi connectivity index (χ0n) is 13.9. The topological polar surface area (TPSA) is 64.2 Å². The third kappa shape index (κ3) is 4.02. The molecule has 0 spiro atoms. The Morgan fingerprint density at radius 3 is 2.46 bits per heavy atom. The summed E-state index contributed by atoms with van der Waals surface area (Å²) in [5.74, 6) is 0.576. The molecule has 5 nitrogen and oxygen atoms in total. The van der Waals surface area contributed by atoms with Crippen LogP contribution in [-0.2, 0) is 7.05 Å². The second kappa shape index (κ2) is 8.40. The number of carbonyl (C=O) groups excluding carboxylic acids is 1. The molecular formula is C17H24Cl2N4O. The highest BCUT2D eigenvalue weighted by Gasteiger charge is 2.26. The number of halogens is 2. The smallest absolute Gasteiger partial charge is 0.254 e. The van der Waals surface area contributed by atoms with Crippen molar-refractivity contribution in [2.45, 2.75) is 25.7 Å². The Labute approximate surface area is 155 Å². The molecule has 24 heavy (non-hydrogen) atoms. The molecule has 3 rings (SSSR count). The van der Waals surface area contributed by atoms with E-state index in [1.165, 1.54) is 5.69 Å². The maximum atomic E-state index is 12.7. The largest absolute Gasteiger partial charge is 0.399 e. The number of aryl methyl sites for hydroxylation is 2. The van der Waals surface area contributed by atoms with Crippen molar-refractivity contribution in [1.82, 2.24) is 14.7 Å². The van der Waals surface area contributed by atoms with Gasteiger partial charge in [-0.2, -0.15) is 5.10 Å². The van der Waals surface area contributed by atoms with Crippen LogP contribution < -0.4 is 5.73 Å². The van der Waals surface area contributed by atoms with Crippen LogP contribution in [0.2, 0.25) is 0 Å². The monoisotopic (exact) mass is 370 g/mol. The van der Waals surface area contributed by atoms with Crippen LogP contribution >= 0.6 is 24.8 Å². The number of aromatic nitrogens is 2. The second-order valence-electron chi connectivity index (χ2n) is 6.02. The molecule has 2 heterocycles. The van der Waals surface area contributed by atoms with Crippen LogP contribution in [0.4, 0.5) is 5.69 Å². The lowest BCUT2D eigenvalue weighted by Crippen LogP contribution is -2.38. The van der Waals surface area contributed by atoms with E-state index in [9.17, 15) is 4.79 Å². The summed E-state index contributed by atoms with van der Waals surface area (Å²) in [5, 5.41) is 4.24. The van der Waals surface area contributed by atoms with Crippen molar-refractivity contribution in [1.29, 1.82) is 0 Å². The van der Waals surface area contributed by atoms with Crippen LogP contribution in [0.1, 0.15) is 40.4 Å². The Morgan fingerprint density at radius 2 is 1.88 bits per heavy atom. The fourth-order valence-corrected chi connectivity index (χ4v) is 3.20. The number of piperidine rings is 1. The standard InChI is InChI=1S/C17H22N4O.2ClH/c1-12-3-4-14(18)11-15(12)17(22)21-9-6-13(7-10-21)16-5-8-19-20(16)2;;/h3-5,8,11,13H,6-7,9-10,18H2,1-2H3;2*1H. The number of benzene rings is 1. The summed E-state index contributed by atoms with van der Waals surface area (Å²) in [6, 6.07) is 7.60. The molecule has 7 heteroatoms. The summed E-state index contributed by atoms with van der Waals surface area (Å²) in [4.78, 5) is 14.6. The second-order valence-corrected chi connectivity index (χ2v) is 6.02. The van der Waals surface area contributed by atoms with Gasteiger partial charge in [-0.3, -0.25) is 9.48 Å². The van der Waals surface area contributed by atoms with Crippen LogP contribution in [0.5, 0.6) is 0 Å². The lowest BCUT2D eigenvalue weighted by molar-refractivity contribution is 0.0710. The summed E-state index contributed by atoms with van der Waals surface area (Å²) >= 11 is 0. The minimum atomic E-state index is 0. The van der Waals surface area contributed by atoms with Gasteiger partial charge in [-0.1, -0.05) is 6.07 Å². The van der Waals surface area contributed by atoms with Crippen LogP contribution in [0.25, 0.3) is 0 Å². The molecule has 1 aromatic carbocycles. The lowest BCUT2D eigenvalue weighted by Gasteiger charge is -2.32. The van der Waals surface area contributed by atoms with Crippen molar-refractivity contribution in [2.24, 2.45) is 7.05 Å². The van der Waals surface area contributed by atoms with E-state index in [0.717, 1.165) is 37.1 Å². The minimum absolute atomic E-state index is 0. The Kier molecular flexibility index (Phi) is 7.11. The van der Waals surface area contributed by atoms with Gasteiger partial charge in [-0.25, -0.2) is 0 Å². The van der Waals surface area contributed by atoms with Crippen LogP contribution in [0.15, 0.2) is 30.5 Å². The normalized spacial score (nSPS) is 14.7. The van der Waals surface area contributed by atoms with Crippen molar-refractivity contribution < 1.29 is 4.79 Å². The van der Waals surface area contributed by atoms with E-state index >= 15 is 0 Å². The first-order chi connectivity index (χ1) is 10.6. The van der Waals surface area contributed by atoms with E-state index in [-0.39, 0.29) is 30.7 Å². The summed E-state index contributed by atoms with van der Waals surface area (Å²) in [6.45, 7) is 3.51. The molecule has 2 N–H and O–H groups in total. The third-order valence-electron chi connectivity index (χ3n) is 4.55. The SMILES string of the molecule is Cc1ccc(N)cc1C(=O)N1CCC(c2ccnn2C)CC1.Cl.Cl. The van der Waals surface area contributed by atoms with Crippen molar-refractivity contribution in [2.75, 3.05) is 18.8 Å². The average Bonchev–Trinajstić information content (AvgIpc) is 2.95. The maximum Gasteiger partial charge on any atom is 0.254 e. The summed E-state index contributed by atoms with van der Waals surface area (Å²) in [7, 11) is 1.98. The van der Waals surface area contributed by atoms with E-state index in [1.54, 1.807) is 6.07 Å². The Hall–Kier alpha value is -1.72. The lowest BCUT2D eigenvalue weighted by atomic mass is 9.93. The fraction of sp³-hybridized carbons (Fsp3) is 0.412. The zero-order valence-corrected chi connectivity index (χ0v) is 15.6. The van der Waals surface area contributed by atoms with Crippen molar-refractivity contribution in [3.63, 3.8) is 0 Å². The Bertz CT molecular complexity index is 694. The molecule has 1 fully saturated rings. The first-order valence-corrected chi connectivity index (χ1v) is 7.69. The number of likely N-dealkylation sites (tertiary alicyclic amines) is 1. The maximum absolute atomic E-state index is 12.7. The predicted octanol–water partition coefficient (Wildman–Crippen LogP) is 3.17. The summed E-state index contributed by atoms with van der Waals surface area (Å²) in [6.07, 6.45) is 3.79. The molecule has 1 saturated heterocycles. The van der Waals surface area contributed by atoms with Gasteiger partial charge in [0.25, 0.3) is 5.91 Å². The molecule has 1 aliphatic rings. The number of carbonyl (C=O) groups is 1. The van der Waals surface area contributed by atoms with Gasteiger partial charge >= 0.3 is 0 Å². The van der Waals surface area contributed by atoms with Gasteiger partial charge in [0.05, 0.1) is 0 Å². The zero-order chi connectivity index (χ0) is 15.7. The van der Waals surface area contributed by atoms with Gasteiger partial charge in [-0.15, -0.1) is 24.8 Å². The molecule has 0 aliphatic carbocycles. The average molecular weight is 371 g/mol. The minimum Gasteiger partial charge on any atom is -0.399 e. The Balaban J connectivity index is 0.00000144. The molecule has 132 valence electrons. The van der Waals surface area contributed by atoms with E-state index in [4.69, 9.17) is 5.73 Å². The number of nitrogens with two attached hydrogens (primary N) is 1. The van der Waals surface area contributed by atoms with E-state index in [0.29, 0.717) is 11.6 Å². The fourth-order valence-electron chi connectivity index (χ4n) is 3.20. The number of rotatable bonds is 2.